The monoisotopic (exact) mass is 858 g/mol. The van der Waals surface area contributed by atoms with Gasteiger partial charge in [-0.3, -0.25) is 37.6 Å². The molecule has 3 fully saturated rings. The quantitative estimate of drug-likeness (QED) is 0.0425. The molecular formula is C30H49N6O15P3S. The largest absolute Gasteiger partial charge is 0.390 e. The number of rotatable bonds is 22. The number of amides is 4. The highest BCUT2D eigenvalue weighted by Gasteiger charge is 2.43. The molecule has 4 rings (SSSR count). The maximum Gasteiger partial charge on any atom is 0.337 e. The Morgan fingerprint density at radius 1 is 0.982 bits per heavy atom. The fourth-order valence-corrected chi connectivity index (χ4v) is 14.3. The van der Waals surface area contributed by atoms with Crippen LogP contribution in [-0.2, 0) is 32.5 Å². The topological polar surface area (TPSA) is 325 Å². The zero-order valence-electron chi connectivity index (χ0n) is 29.8. The van der Waals surface area contributed by atoms with Crippen LogP contribution in [-0.4, -0.2) is 119 Å². The van der Waals surface area contributed by atoms with Crippen molar-refractivity contribution in [2.24, 2.45) is 0 Å². The van der Waals surface area contributed by atoms with Crippen LogP contribution in [0.5, 0.6) is 0 Å². The fraction of sp³-hybridized carbons (Fsp3) is 0.700. The Bertz CT molecular complexity index is 1820. The van der Waals surface area contributed by atoms with E-state index < -0.39 is 70.7 Å². The summed E-state index contributed by atoms with van der Waals surface area (Å²) in [5.74, 6) is -2.28. The maximum absolute atomic E-state index is 12.5. The third-order valence-corrected chi connectivity index (χ3v) is 17.5. The van der Waals surface area contributed by atoms with E-state index in [1.54, 1.807) is 0 Å². The van der Waals surface area contributed by atoms with Crippen molar-refractivity contribution in [3.8, 4) is 0 Å². The van der Waals surface area contributed by atoms with Crippen LogP contribution in [0.4, 0.5) is 4.79 Å². The Balaban J connectivity index is 1.10. The van der Waals surface area contributed by atoms with Crippen molar-refractivity contribution in [3.05, 3.63) is 38.7 Å². The predicted octanol–water partition coefficient (Wildman–Crippen LogP) is 0.282. The van der Waals surface area contributed by atoms with E-state index in [1.807, 2.05) is 11.8 Å². The van der Waals surface area contributed by atoms with Gasteiger partial charge >= 0.3 is 26.9 Å². The van der Waals surface area contributed by atoms with Gasteiger partial charge in [-0.15, -0.1) is 0 Å². The molecular weight excluding hydrogens is 809 g/mol. The van der Waals surface area contributed by atoms with Crippen LogP contribution in [0, 0.1) is 0 Å². The highest BCUT2D eigenvalue weighted by atomic mass is 32.2. The molecule has 3 aliphatic rings. The van der Waals surface area contributed by atoms with E-state index >= 15 is 0 Å². The average Bonchev–Trinajstić information content (AvgIpc) is 3.74. The standard InChI is InChI=1S/C30H49N6O15P3S/c37-21-13-26(51-22(21)15-50-54(48,49)18-52(43,44)17-53(45,46)47)36-14-19(28(40)35-30(36)42)7-6-12-32-24(38)9-2-1-5-11-31-25(39)10-4-3-8-23-27-20(16-55-23)33-29(41)34-27/h6-7,14,20-23,26-27,37H,1-5,8-13,15-18H2,(H,31,39)(H,32,38)(H,43,44)(H,48,49)(H2,33,34,41)(H,35,40,42)(H2,45,46,47)/b7-6+/t20-,21?,22+,23-,26+,27-/m0/s1. The second kappa shape index (κ2) is 20.2. The number of thioether (sulfide) groups is 1. The first-order valence-corrected chi connectivity index (χ1v) is 24.3. The van der Waals surface area contributed by atoms with Crippen molar-refractivity contribution in [2.45, 2.75) is 93.6 Å². The van der Waals surface area contributed by atoms with E-state index in [1.165, 1.54) is 18.3 Å². The minimum absolute atomic E-state index is 0.00925. The normalized spacial score (nSPS) is 25.9. The van der Waals surface area contributed by atoms with Crippen LogP contribution in [0.2, 0.25) is 0 Å². The van der Waals surface area contributed by atoms with Gasteiger partial charge in [0.1, 0.15) is 24.1 Å². The Labute approximate surface area is 319 Å². The number of unbranched alkanes of at least 4 members (excludes halogenated alkanes) is 3. The molecule has 0 aromatic carbocycles. The molecule has 4 heterocycles. The molecule has 0 saturated carbocycles. The number of nitrogens with zero attached hydrogens (tertiary/aromatic N) is 1. The minimum atomic E-state index is -4.97. The van der Waals surface area contributed by atoms with E-state index in [0.717, 1.165) is 42.4 Å². The summed E-state index contributed by atoms with van der Waals surface area (Å²) >= 11 is 1.85. The average molecular weight is 859 g/mol. The maximum atomic E-state index is 12.5. The molecule has 1 aromatic heterocycles. The highest BCUT2D eigenvalue weighted by molar-refractivity contribution is 8.00. The van der Waals surface area contributed by atoms with Crippen molar-refractivity contribution in [1.29, 1.82) is 0 Å². The molecule has 3 saturated heterocycles. The lowest BCUT2D eigenvalue weighted by Crippen LogP contribution is -2.36. The van der Waals surface area contributed by atoms with Gasteiger partial charge in [-0.1, -0.05) is 25.0 Å². The molecule has 310 valence electrons. The molecule has 3 unspecified atom stereocenters. The first kappa shape index (κ1) is 45.1. The molecule has 55 heavy (non-hydrogen) atoms. The van der Waals surface area contributed by atoms with Gasteiger partial charge in [-0.25, -0.2) is 9.59 Å². The number of urea groups is 1. The molecule has 3 aliphatic heterocycles. The van der Waals surface area contributed by atoms with Crippen molar-refractivity contribution in [3.63, 3.8) is 0 Å². The minimum Gasteiger partial charge on any atom is -0.390 e. The number of aliphatic hydroxyl groups excluding tert-OH is 1. The number of hydrogen-bond acceptors (Lipinski definition) is 12. The smallest absolute Gasteiger partial charge is 0.337 e. The summed E-state index contributed by atoms with van der Waals surface area (Å²) in [6.45, 7) is -0.178. The molecule has 0 spiro atoms. The van der Waals surface area contributed by atoms with Gasteiger partial charge in [0.25, 0.3) is 5.56 Å². The van der Waals surface area contributed by atoms with Crippen LogP contribution in [0.3, 0.4) is 0 Å². The van der Waals surface area contributed by atoms with E-state index in [9.17, 15) is 52.6 Å². The first-order valence-electron chi connectivity index (χ1n) is 17.7. The second-order valence-electron chi connectivity index (χ2n) is 13.6. The molecule has 10 N–H and O–H groups in total. The molecule has 0 aliphatic carbocycles. The SMILES string of the molecule is O=C(CCCCCNC(=O)CCCC[C@@H]1SC[C@@H]2NC(=O)N[C@@H]21)NC/C=C/c1cn([C@H]2CC(O)[C@@H](COP(=O)(O)CP(=O)(O)CP(=O)(O)O)O2)c(=O)[nH]c1=O. The van der Waals surface area contributed by atoms with Gasteiger partial charge in [0.15, 0.2) is 0 Å². The van der Waals surface area contributed by atoms with Gasteiger partial charge in [0.2, 0.25) is 19.2 Å². The van der Waals surface area contributed by atoms with Crippen molar-refractivity contribution in [2.75, 3.05) is 37.3 Å². The summed E-state index contributed by atoms with van der Waals surface area (Å²) in [7, 11) is -14.6. The number of hydrogen-bond donors (Lipinski definition) is 10. The van der Waals surface area contributed by atoms with E-state index in [4.69, 9.17) is 19.0 Å². The summed E-state index contributed by atoms with van der Waals surface area (Å²) in [6.07, 6.45) is 5.44. The number of nitrogens with one attached hydrogen (secondary N) is 5. The highest BCUT2D eigenvalue weighted by Crippen LogP contribution is 2.63. The summed E-state index contributed by atoms with van der Waals surface area (Å²) in [6, 6.07) is 0.249. The van der Waals surface area contributed by atoms with E-state index in [-0.39, 0.29) is 54.9 Å². The van der Waals surface area contributed by atoms with Gasteiger partial charge < -0.3 is 55.2 Å². The molecule has 8 atom stereocenters. The third kappa shape index (κ3) is 15.0. The van der Waals surface area contributed by atoms with Crippen LogP contribution < -0.4 is 32.5 Å². The Morgan fingerprint density at radius 3 is 2.42 bits per heavy atom. The summed E-state index contributed by atoms with van der Waals surface area (Å²) < 4.78 is 46.7. The zero-order chi connectivity index (χ0) is 40.4. The number of aromatic nitrogens is 2. The molecule has 0 bridgehead atoms. The predicted molar refractivity (Wildman–Crippen MR) is 201 cm³/mol. The lowest BCUT2D eigenvalue weighted by atomic mass is 10.0. The molecule has 1 aromatic rings. The van der Waals surface area contributed by atoms with Crippen LogP contribution in [0.15, 0.2) is 21.9 Å². The van der Waals surface area contributed by atoms with Crippen molar-refractivity contribution in [1.82, 2.24) is 30.8 Å². The Hall–Kier alpha value is -2.61. The van der Waals surface area contributed by atoms with Crippen molar-refractivity contribution >= 4 is 58.2 Å². The number of carbonyl (C=O) groups excluding carboxylic acids is 3. The van der Waals surface area contributed by atoms with E-state index in [2.05, 4.69) is 26.3 Å². The first-order chi connectivity index (χ1) is 25.8. The molecule has 21 nitrogen and oxygen atoms in total. The van der Waals surface area contributed by atoms with Crippen molar-refractivity contribution < 1.29 is 62.0 Å². The lowest BCUT2D eigenvalue weighted by molar-refractivity contribution is -0.122. The lowest BCUT2D eigenvalue weighted by Gasteiger charge is -2.20. The number of H-pyrrole nitrogens is 1. The fourth-order valence-electron chi connectivity index (χ4n) is 6.34. The number of ether oxygens (including phenoxy) is 1. The summed E-state index contributed by atoms with van der Waals surface area (Å²) in [5, 5.41) is 22.3. The Morgan fingerprint density at radius 2 is 1.69 bits per heavy atom. The number of carbonyl (C=O) groups is 3. The summed E-state index contributed by atoms with van der Waals surface area (Å²) in [4.78, 5) is 100. The van der Waals surface area contributed by atoms with Gasteiger partial charge in [-0.05, 0) is 25.7 Å². The second-order valence-corrected chi connectivity index (χ2v) is 21.7. The number of aliphatic hydroxyl groups is 1. The van der Waals surface area contributed by atoms with Gasteiger partial charge in [0.05, 0.1) is 30.4 Å². The van der Waals surface area contributed by atoms with E-state index in [0.29, 0.717) is 24.6 Å². The van der Waals surface area contributed by atoms with Gasteiger partial charge in [-0.2, -0.15) is 11.8 Å². The molecule has 25 heteroatoms. The van der Waals surface area contributed by atoms with Crippen LogP contribution in [0.25, 0.3) is 6.08 Å². The van der Waals surface area contributed by atoms with Gasteiger partial charge in [0, 0.05) is 49.6 Å². The zero-order valence-corrected chi connectivity index (χ0v) is 33.3. The van der Waals surface area contributed by atoms with Crippen LogP contribution in [0.1, 0.15) is 69.6 Å². The molecule has 4 amide bonds. The third-order valence-electron chi connectivity index (χ3n) is 8.95. The number of fused-ring (bicyclic) bond motifs is 1. The van der Waals surface area contributed by atoms with Crippen LogP contribution >= 0.6 is 34.3 Å². The molecule has 0 radical (unpaired) electrons. The number of aromatic amines is 1. The summed E-state index contributed by atoms with van der Waals surface area (Å²) in [5.41, 5.74) is -1.61. The Kier molecular flexibility index (Phi) is 16.6.